The fourth-order valence-corrected chi connectivity index (χ4v) is 5.07. The Balaban J connectivity index is 1.47. The Morgan fingerprint density at radius 1 is 1.03 bits per heavy atom. The van der Waals surface area contributed by atoms with Crippen LogP contribution in [-0.2, 0) is 10.0 Å². The lowest BCUT2D eigenvalue weighted by atomic mass is 10.2. The van der Waals surface area contributed by atoms with E-state index in [0.29, 0.717) is 59.8 Å². The Hall–Kier alpha value is -1.64. The molecule has 0 unspecified atom stereocenters. The van der Waals surface area contributed by atoms with Crippen molar-refractivity contribution in [2.45, 2.75) is 11.8 Å². The molecule has 29 heavy (non-hydrogen) atoms. The van der Waals surface area contributed by atoms with E-state index in [2.05, 4.69) is 10.2 Å². The van der Waals surface area contributed by atoms with E-state index >= 15 is 0 Å². The minimum atomic E-state index is -3.47. The zero-order valence-electron chi connectivity index (χ0n) is 16.1. The van der Waals surface area contributed by atoms with Crippen molar-refractivity contribution < 1.29 is 13.2 Å². The van der Waals surface area contributed by atoms with Gasteiger partial charge in [-0.15, -0.1) is 0 Å². The van der Waals surface area contributed by atoms with Gasteiger partial charge < -0.3 is 5.32 Å². The molecule has 0 aromatic heterocycles. The molecule has 2 aromatic carbocycles. The molecule has 0 bridgehead atoms. The third-order valence-electron chi connectivity index (χ3n) is 4.88. The van der Waals surface area contributed by atoms with Crippen molar-refractivity contribution in [3.8, 4) is 0 Å². The van der Waals surface area contributed by atoms with Crippen molar-refractivity contribution in [3.05, 3.63) is 63.6 Å². The van der Waals surface area contributed by atoms with Gasteiger partial charge in [-0.05, 0) is 37.3 Å². The zero-order valence-corrected chi connectivity index (χ0v) is 18.4. The van der Waals surface area contributed by atoms with Crippen LogP contribution in [0.4, 0.5) is 0 Å². The standard InChI is InChI=1S/C20H23Cl2N3O3S/c1-15-2-5-17(6-3-15)29(27,28)25-12-10-24(11-13-25)9-8-23-20(26)18-7-4-16(21)14-19(18)22/h2-7,14H,8-13H2,1H3,(H,23,26). The first kappa shape index (κ1) is 22.1. The number of carbonyl (C=O) groups is 1. The van der Waals surface area contributed by atoms with E-state index in [1.54, 1.807) is 36.4 Å². The molecule has 0 spiro atoms. The minimum absolute atomic E-state index is 0.257. The number of hydrogen-bond donors (Lipinski definition) is 1. The molecule has 1 aliphatic heterocycles. The van der Waals surface area contributed by atoms with Gasteiger partial charge in [0, 0.05) is 44.3 Å². The summed E-state index contributed by atoms with van der Waals surface area (Å²) in [5.41, 5.74) is 1.40. The van der Waals surface area contributed by atoms with Gasteiger partial charge in [0.05, 0.1) is 15.5 Å². The van der Waals surface area contributed by atoms with Crippen LogP contribution in [0.2, 0.25) is 10.0 Å². The lowest BCUT2D eigenvalue weighted by Crippen LogP contribution is -2.50. The molecular weight excluding hydrogens is 433 g/mol. The summed E-state index contributed by atoms with van der Waals surface area (Å²) in [5.74, 6) is -0.257. The van der Waals surface area contributed by atoms with Crippen LogP contribution in [0.25, 0.3) is 0 Å². The maximum atomic E-state index is 12.7. The highest BCUT2D eigenvalue weighted by Crippen LogP contribution is 2.21. The average Bonchev–Trinajstić information content (AvgIpc) is 2.68. The first-order valence-electron chi connectivity index (χ1n) is 9.30. The molecule has 3 rings (SSSR count). The highest BCUT2D eigenvalue weighted by atomic mass is 35.5. The van der Waals surface area contributed by atoms with E-state index in [1.165, 1.54) is 10.4 Å². The first-order chi connectivity index (χ1) is 13.8. The number of carbonyl (C=O) groups excluding carboxylic acids is 1. The summed E-state index contributed by atoms with van der Waals surface area (Å²) >= 11 is 11.9. The first-order valence-corrected chi connectivity index (χ1v) is 11.5. The maximum Gasteiger partial charge on any atom is 0.252 e. The molecule has 156 valence electrons. The second-order valence-corrected chi connectivity index (χ2v) is 9.72. The normalized spacial score (nSPS) is 16.0. The Kier molecular flexibility index (Phi) is 7.19. The highest BCUT2D eigenvalue weighted by molar-refractivity contribution is 7.89. The van der Waals surface area contributed by atoms with Gasteiger partial charge in [-0.25, -0.2) is 8.42 Å². The lowest BCUT2D eigenvalue weighted by Gasteiger charge is -2.34. The Morgan fingerprint density at radius 3 is 2.31 bits per heavy atom. The SMILES string of the molecule is Cc1ccc(S(=O)(=O)N2CCN(CCNC(=O)c3ccc(Cl)cc3Cl)CC2)cc1. The molecule has 2 aromatic rings. The number of benzene rings is 2. The smallest absolute Gasteiger partial charge is 0.252 e. The monoisotopic (exact) mass is 455 g/mol. The van der Waals surface area contributed by atoms with Crippen LogP contribution in [0.1, 0.15) is 15.9 Å². The average molecular weight is 456 g/mol. The quantitative estimate of drug-likeness (QED) is 0.726. The fourth-order valence-electron chi connectivity index (χ4n) is 3.15. The third kappa shape index (κ3) is 5.49. The molecule has 0 radical (unpaired) electrons. The van der Waals surface area contributed by atoms with Crippen LogP contribution < -0.4 is 5.32 Å². The molecule has 1 aliphatic rings. The number of sulfonamides is 1. The Labute approximate surface area is 181 Å². The number of hydrogen-bond acceptors (Lipinski definition) is 4. The molecule has 0 atom stereocenters. The summed E-state index contributed by atoms with van der Waals surface area (Å²) in [6.07, 6.45) is 0. The van der Waals surface area contributed by atoms with E-state index in [4.69, 9.17) is 23.2 Å². The van der Waals surface area contributed by atoms with Gasteiger partial charge in [-0.1, -0.05) is 40.9 Å². The van der Waals surface area contributed by atoms with E-state index in [0.717, 1.165) is 5.56 Å². The van der Waals surface area contributed by atoms with Crippen LogP contribution >= 0.6 is 23.2 Å². The van der Waals surface area contributed by atoms with Crippen molar-refractivity contribution in [2.24, 2.45) is 0 Å². The second kappa shape index (κ2) is 9.45. The molecule has 0 saturated carbocycles. The summed E-state index contributed by atoms with van der Waals surface area (Å²) in [5, 5.41) is 3.63. The van der Waals surface area contributed by atoms with E-state index < -0.39 is 10.0 Å². The van der Waals surface area contributed by atoms with Crippen molar-refractivity contribution in [3.63, 3.8) is 0 Å². The van der Waals surface area contributed by atoms with Crippen molar-refractivity contribution in [1.29, 1.82) is 0 Å². The van der Waals surface area contributed by atoms with Crippen molar-refractivity contribution in [1.82, 2.24) is 14.5 Å². The Bertz CT molecular complexity index is 973. The van der Waals surface area contributed by atoms with E-state index in [1.807, 2.05) is 6.92 Å². The lowest BCUT2D eigenvalue weighted by molar-refractivity contribution is 0.0945. The molecule has 1 N–H and O–H groups in total. The number of piperazine rings is 1. The van der Waals surface area contributed by atoms with Crippen LogP contribution in [-0.4, -0.2) is 62.8 Å². The van der Waals surface area contributed by atoms with Crippen LogP contribution in [0.3, 0.4) is 0 Å². The Morgan fingerprint density at radius 2 is 1.69 bits per heavy atom. The number of aryl methyl sites for hydroxylation is 1. The minimum Gasteiger partial charge on any atom is -0.351 e. The molecule has 6 nitrogen and oxygen atoms in total. The van der Waals surface area contributed by atoms with Gasteiger partial charge in [-0.2, -0.15) is 4.31 Å². The largest absolute Gasteiger partial charge is 0.351 e. The predicted molar refractivity (Wildman–Crippen MR) is 115 cm³/mol. The zero-order chi connectivity index (χ0) is 21.0. The summed E-state index contributed by atoms with van der Waals surface area (Å²) in [6.45, 7) is 5.08. The number of nitrogens with zero attached hydrogens (tertiary/aromatic N) is 2. The van der Waals surface area contributed by atoms with E-state index in [9.17, 15) is 13.2 Å². The summed E-state index contributed by atoms with van der Waals surface area (Å²) in [7, 11) is -3.47. The van der Waals surface area contributed by atoms with Gasteiger partial charge in [0.2, 0.25) is 10.0 Å². The predicted octanol–water partition coefficient (Wildman–Crippen LogP) is 3.04. The summed E-state index contributed by atoms with van der Waals surface area (Å²) in [4.78, 5) is 14.7. The molecule has 1 fully saturated rings. The number of halogens is 2. The maximum absolute atomic E-state index is 12.7. The highest BCUT2D eigenvalue weighted by Gasteiger charge is 2.28. The summed E-state index contributed by atoms with van der Waals surface area (Å²) in [6, 6.07) is 11.6. The van der Waals surface area contributed by atoms with E-state index in [-0.39, 0.29) is 5.91 Å². The molecule has 1 saturated heterocycles. The van der Waals surface area contributed by atoms with Crippen molar-refractivity contribution >= 4 is 39.1 Å². The molecular formula is C20H23Cl2N3O3S. The van der Waals surface area contributed by atoms with Crippen molar-refractivity contribution in [2.75, 3.05) is 39.3 Å². The summed E-state index contributed by atoms with van der Waals surface area (Å²) < 4.78 is 27.0. The fraction of sp³-hybridized carbons (Fsp3) is 0.350. The second-order valence-electron chi connectivity index (χ2n) is 6.94. The van der Waals surface area contributed by atoms with Crippen LogP contribution in [0.15, 0.2) is 47.4 Å². The van der Waals surface area contributed by atoms with Gasteiger partial charge in [0.1, 0.15) is 0 Å². The van der Waals surface area contributed by atoms with Crippen LogP contribution in [0, 0.1) is 6.92 Å². The van der Waals surface area contributed by atoms with Gasteiger partial charge in [0.25, 0.3) is 5.91 Å². The molecule has 9 heteroatoms. The number of rotatable bonds is 6. The van der Waals surface area contributed by atoms with Gasteiger partial charge >= 0.3 is 0 Å². The third-order valence-corrected chi connectivity index (χ3v) is 7.34. The van der Waals surface area contributed by atoms with Gasteiger partial charge in [0.15, 0.2) is 0 Å². The van der Waals surface area contributed by atoms with Gasteiger partial charge in [-0.3, -0.25) is 9.69 Å². The molecule has 1 heterocycles. The molecule has 1 amide bonds. The number of amides is 1. The van der Waals surface area contributed by atoms with Crippen LogP contribution in [0.5, 0.6) is 0 Å². The number of nitrogens with one attached hydrogen (secondary N) is 1. The topological polar surface area (TPSA) is 69.7 Å². The molecule has 0 aliphatic carbocycles.